The number of hydrogen-bond acceptors (Lipinski definition) is 2. The van der Waals surface area contributed by atoms with E-state index in [1.54, 1.807) is 0 Å². The molecule has 0 aromatic carbocycles. The number of likely N-dealkylation sites (N-methyl/N-ethyl adjacent to an activating group) is 1. The molecule has 0 aromatic rings. The van der Waals surface area contributed by atoms with Gasteiger partial charge < -0.3 is 10.1 Å². The Morgan fingerprint density at radius 1 is 1.41 bits per heavy atom. The Balaban J connectivity index is 2.76. The highest BCUT2D eigenvalue weighted by Crippen LogP contribution is 2.38. The standard InChI is InChI=1S/C15H27NO/c1-5-8-14(16-6-2)15(17-7-3)11-9-13(4)10-12-15/h1,13-14,16H,6-12H2,2-4H3. The molecule has 1 aliphatic carbocycles. The van der Waals surface area contributed by atoms with Gasteiger partial charge in [-0.1, -0.05) is 13.8 Å². The Morgan fingerprint density at radius 2 is 2.06 bits per heavy atom. The third-order valence-corrected chi connectivity index (χ3v) is 3.96. The third-order valence-electron chi connectivity index (χ3n) is 3.96. The van der Waals surface area contributed by atoms with Crippen LogP contribution in [-0.4, -0.2) is 24.8 Å². The predicted molar refractivity (Wildman–Crippen MR) is 72.9 cm³/mol. The van der Waals surface area contributed by atoms with Gasteiger partial charge in [0.2, 0.25) is 0 Å². The Hall–Kier alpha value is -0.520. The minimum absolute atomic E-state index is 0.0242. The van der Waals surface area contributed by atoms with Crippen LogP contribution < -0.4 is 5.32 Å². The molecule has 0 heterocycles. The van der Waals surface area contributed by atoms with Crippen LogP contribution in [0.25, 0.3) is 0 Å². The summed E-state index contributed by atoms with van der Waals surface area (Å²) in [6.45, 7) is 8.28. The first-order valence-corrected chi connectivity index (χ1v) is 6.99. The molecule has 1 rings (SSSR count). The van der Waals surface area contributed by atoms with E-state index in [2.05, 4.69) is 32.0 Å². The smallest absolute Gasteiger partial charge is 0.0844 e. The van der Waals surface area contributed by atoms with Crippen molar-refractivity contribution < 1.29 is 4.74 Å². The molecule has 17 heavy (non-hydrogen) atoms. The van der Waals surface area contributed by atoms with Crippen LogP contribution in [0.3, 0.4) is 0 Å². The fourth-order valence-electron chi connectivity index (χ4n) is 2.94. The molecule has 98 valence electrons. The summed E-state index contributed by atoms with van der Waals surface area (Å²) < 4.78 is 6.13. The van der Waals surface area contributed by atoms with Gasteiger partial charge >= 0.3 is 0 Å². The lowest BCUT2D eigenvalue weighted by atomic mass is 9.74. The third kappa shape index (κ3) is 3.72. The minimum atomic E-state index is -0.0242. The molecule has 1 N–H and O–H groups in total. The summed E-state index contributed by atoms with van der Waals surface area (Å²) in [7, 11) is 0. The van der Waals surface area contributed by atoms with Crippen LogP contribution in [0.15, 0.2) is 0 Å². The summed E-state index contributed by atoms with van der Waals surface area (Å²) in [5.74, 6) is 3.63. The monoisotopic (exact) mass is 237 g/mol. The zero-order chi connectivity index (χ0) is 12.7. The predicted octanol–water partition coefficient (Wildman–Crippen LogP) is 2.97. The largest absolute Gasteiger partial charge is 0.374 e. The van der Waals surface area contributed by atoms with Gasteiger partial charge in [0, 0.05) is 19.1 Å². The average molecular weight is 237 g/mol. The lowest BCUT2D eigenvalue weighted by Gasteiger charge is -2.44. The SMILES string of the molecule is C#CCC(NCC)C1(OCC)CCC(C)CC1. The highest BCUT2D eigenvalue weighted by atomic mass is 16.5. The molecule has 0 saturated heterocycles. The van der Waals surface area contributed by atoms with Crippen molar-refractivity contribution in [3.63, 3.8) is 0 Å². The van der Waals surface area contributed by atoms with E-state index in [1.165, 1.54) is 12.8 Å². The van der Waals surface area contributed by atoms with Crippen LogP contribution in [-0.2, 0) is 4.74 Å². The second-order valence-corrected chi connectivity index (χ2v) is 5.20. The van der Waals surface area contributed by atoms with Crippen molar-refractivity contribution in [1.29, 1.82) is 0 Å². The molecular weight excluding hydrogens is 210 g/mol. The van der Waals surface area contributed by atoms with Crippen molar-refractivity contribution in [2.45, 2.75) is 64.5 Å². The fraction of sp³-hybridized carbons (Fsp3) is 0.867. The maximum absolute atomic E-state index is 6.13. The van der Waals surface area contributed by atoms with Gasteiger partial charge in [0.25, 0.3) is 0 Å². The number of hydrogen-bond donors (Lipinski definition) is 1. The summed E-state index contributed by atoms with van der Waals surface area (Å²) in [6.07, 6.45) is 11.1. The highest BCUT2D eigenvalue weighted by molar-refractivity contribution is 5.02. The Morgan fingerprint density at radius 3 is 2.53 bits per heavy atom. The van der Waals surface area contributed by atoms with E-state index < -0.39 is 0 Å². The van der Waals surface area contributed by atoms with Crippen molar-refractivity contribution in [3.8, 4) is 12.3 Å². The molecular formula is C15H27NO. The summed E-state index contributed by atoms with van der Waals surface area (Å²) in [5, 5.41) is 3.53. The summed E-state index contributed by atoms with van der Waals surface area (Å²) in [6, 6.07) is 0.310. The molecule has 1 aliphatic rings. The van der Waals surface area contributed by atoms with E-state index in [4.69, 9.17) is 11.2 Å². The van der Waals surface area contributed by atoms with Gasteiger partial charge in [0.1, 0.15) is 0 Å². The first-order chi connectivity index (χ1) is 8.18. The molecule has 2 nitrogen and oxygen atoms in total. The van der Waals surface area contributed by atoms with E-state index in [1.807, 2.05) is 0 Å². The van der Waals surface area contributed by atoms with Crippen LogP contribution in [0.1, 0.15) is 52.9 Å². The van der Waals surface area contributed by atoms with Gasteiger partial charge in [-0.25, -0.2) is 0 Å². The van der Waals surface area contributed by atoms with E-state index in [9.17, 15) is 0 Å². The topological polar surface area (TPSA) is 21.3 Å². The molecule has 1 atom stereocenters. The van der Waals surface area contributed by atoms with Gasteiger partial charge in [-0.3, -0.25) is 0 Å². The van der Waals surface area contributed by atoms with E-state index in [0.717, 1.165) is 38.3 Å². The molecule has 0 radical (unpaired) electrons. The molecule has 1 unspecified atom stereocenters. The number of nitrogens with one attached hydrogen (secondary N) is 1. The van der Waals surface area contributed by atoms with E-state index in [0.29, 0.717) is 6.04 Å². The quantitative estimate of drug-likeness (QED) is 0.717. The number of terminal acetylenes is 1. The fourth-order valence-corrected chi connectivity index (χ4v) is 2.94. The van der Waals surface area contributed by atoms with Crippen LogP contribution >= 0.6 is 0 Å². The van der Waals surface area contributed by atoms with Crippen molar-refractivity contribution in [2.24, 2.45) is 5.92 Å². The van der Waals surface area contributed by atoms with Gasteiger partial charge in [-0.05, 0) is 45.1 Å². The summed E-state index contributed by atoms with van der Waals surface area (Å²) in [5.41, 5.74) is -0.0242. The van der Waals surface area contributed by atoms with Gasteiger partial charge in [-0.15, -0.1) is 12.3 Å². The summed E-state index contributed by atoms with van der Waals surface area (Å²) >= 11 is 0. The zero-order valence-electron chi connectivity index (χ0n) is 11.6. The second kappa shape index (κ2) is 7.03. The Labute approximate surface area is 107 Å². The molecule has 0 amide bonds. The average Bonchev–Trinajstić information content (AvgIpc) is 2.32. The second-order valence-electron chi connectivity index (χ2n) is 5.20. The molecule has 1 saturated carbocycles. The van der Waals surface area contributed by atoms with Crippen LogP contribution in [0.2, 0.25) is 0 Å². The zero-order valence-corrected chi connectivity index (χ0v) is 11.6. The van der Waals surface area contributed by atoms with E-state index >= 15 is 0 Å². The van der Waals surface area contributed by atoms with Crippen molar-refractivity contribution in [3.05, 3.63) is 0 Å². The van der Waals surface area contributed by atoms with Crippen molar-refractivity contribution in [1.82, 2.24) is 5.32 Å². The van der Waals surface area contributed by atoms with Crippen molar-refractivity contribution in [2.75, 3.05) is 13.2 Å². The lowest BCUT2D eigenvalue weighted by molar-refractivity contribution is -0.0948. The van der Waals surface area contributed by atoms with Gasteiger partial charge in [0.15, 0.2) is 0 Å². The lowest BCUT2D eigenvalue weighted by Crippen LogP contribution is -2.54. The first-order valence-electron chi connectivity index (χ1n) is 6.99. The van der Waals surface area contributed by atoms with Gasteiger partial charge in [-0.2, -0.15) is 0 Å². The Kier molecular flexibility index (Phi) is 6.02. The van der Waals surface area contributed by atoms with Crippen LogP contribution in [0.4, 0.5) is 0 Å². The molecule has 0 spiro atoms. The molecule has 0 bridgehead atoms. The molecule has 2 heteroatoms. The number of ether oxygens (including phenoxy) is 1. The normalized spacial score (nSPS) is 30.8. The maximum atomic E-state index is 6.13. The molecule has 1 fully saturated rings. The maximum Gasteiger partial charge on any atom is 0.0844 e. The number of rotatable bonds is 6. The Bertz CT molecular complexity index is 248. The molecule has 0 aromatic heterocycles. The van der Waals surface area contributed by atoms with Crippen LogP contribution in [0.5, 0.6) is 0 Å². The van der Waals surface area contributed by atoms with Crippen LogP contribution in [0, 0.1) is 18.3 Å². The first kappa shape index (κ1) is 14.5. The van der Waals surface area contributed by atoms with Crippen molar-refractivity contribution >= 4 is 0 Å². The minimum Gasteiger partial charge on any atom is -0.374 e. The van der Waals surface area contributed by atoms with Gasteiger partial charge in [0.05, 0.1) is 5.60 Å². The summed E-state index contributed by atoms with van der Waals surface area (Å²) in [4.78, 5) is 0. The highest BCUT2D eigenvalue weighted by Gasteiger charge is 2.41. The van der Waals surface area contributed by atoms with E-state index in [-0.39, 0.29) is 5.60 Å². The molecule has 0 aliphatic heterocycles.